The van der Waals surface area contributed by atoms with Gasteiger partial charge in [0.05, 0.1) is 18.3 Å². The van der Waals surface area contributed by atoms with E-state index in [9.17, 15) is 0 Å². The number of rotatable bonds is 6. The summed E-state index contributed by atoms with van der Waals surface area (Å²) in [5.41, 5.74) is 3.47. The minimum Gasteiger partial charge on any atom is -0.368 e. The van der Waals surface area contributed by atoms with Crippen LogP contribution in [0.5, 0.6) is 0 Å². The van der Waals surface area contributed by atoms with Crippen molar-refractivity contribution in [2.45, 2.75) is 26.3 Å². The molecule has 0 aliphatic heterocycles. The van der Waals surface area contributed by atoms with Gasteiger partial charge in [-0.1, -0.05) is 0 Å². The predicted octanol–water partition coefficient (Wildman–Crippen LogP) is 2.85. The van der Waals surface area contributed by atoms with E-state index in [-0.39, 0.29) is 6.04 Å². The van der Waals surface area contributed by atoms with Crippen LogP contribution in [0.2, 0.25) is 0 Å². The van der Waals surface area contributed by atoms with Crippen molar-refractivity contribution in [1.82, 2.24) is 34.5 Å². The van der Waals surface area contributed by atoms with Crippen LogP contribution in [0.25, 0.3) is 22.6 Å². The highest BCUT2D eigenvalue weighted by Gasteiger charge is 2.15. The van der Waals surface area contributed by atoms with Crippen molar-refractivity contribution in [3.8, 4) is 11.4 Å². The summed E-state index contributed by atoms with van der Waals surface area (Å²) in [6.45, 7) is 4.92. The largest absolute Gasteiger partial charge is 0.368 e. The molecule has 4 aromatic rings. The summed E-state index contributed by atoms with van der Waals surface area (Å²) in [6, 6.07) is 4.10. The van der Waals surface area contributed by atoms with Crippen molar-refractivity contribution >= 4 is 17.0 Å². The highest BCUT2D eigenvalue weighted by atomic mass is 15.2. The molecule has 4 heterocycles. The Morgan fingerprint density at radius 3 is 2.88 bits per heavy atom. The van der Waals surface area contributed by atoms with Crippen molar-refractivity contribution in [2.75, 3.05) is 11.9 Å². The summed E-state index contributed by atoms with van der Waals surface area (Å²) in [5, 5.41) is 3.39. The number of nitrogens with zero attached hydrogens (tertiary/aromatic N) is 6. The maximum atomic E-state index is 4.74. The van der Waals surface area contributed by atoms with Crippen molar-refractivity contribution in [2.24, 2.45) is 0 Å². The Kier molecular flexibility index (Phi) is 4.30. The Morgan fingerprint density at radius 2 is 2.15 bits per heavy atom. The molecule has 0 spiro atoms. The first-order chi connectivity index (χ1) is 12.7. The SMILES string of the molecule is CC(C)n1cnc2c(NCCc3c[nH]cn3)nc(-c3cccnc3)nc21. The third-order valence-corrected chi connectivity index (χ3v) is 4.13. The topological polar surface area (TPSA) is 97.2 Å². The van der Waals surface area contributed by atoms with Crippen LogP contribution in [0, 0.1) is 0 Å². The highest BCUT2D eigenvalue weighted by Crippen LogP contribution is 2.25. The van der Waals surface area contributed by atoms with E-state index in [1.165, 1.54) is 0 Å². The van der Waals surface area contributed by atoms with Gasteiger partial charge in [-0.15, -0.1) is 0 Å². The van der Waals surface area contributed by atoms with Gasteiger partial charge >= 0.3 is 0 Å². The van der Waals surface area contributed by atoms with Gasteiger partial charge in [0.15, 0.2) is 17.3 Å². The fourth-order valence-electron chi connectivity index (χ4n) is 2.78. The Morgan fingerprint density at radius 1 is 1.23 bits per heavy atom. The fourth-order valence-corrected chi connectivity index (χ4v) is 2.78. The minimum atomic E-state index is 0.258. The van der Waals surface area contributed by atoms with Gasteiger partial charge in [-0.2, -0.15) is 0 Å². The van der Waals surface area contributed by atoms with Crippen LogP contribution in [0.15, 0.2) is 43.4 Å². The van der Waals surface area contributed by atoms with E-state index in [0.717, 1.165) is 34.7 Å². The first-order valence-electron chi connectivity index (χ1n) is 8.59. The predicted molar refractivity (Wildman–Crippen MR) is 99.7 cm³/mol. The Labute approximate surface area is 150 Å². The van der Waals surface area contributed by atoms with E-state index in [1.807, 2.05) is 24.7 Å². The molecule has 132 valence electrons. The lowest BCUT2D eigenvalue weighted by molar-refractivity contribution is 0.613. The molecule has 0 bridgehead atoms. The third-order valence-electron chi connectivity index (χ3n) is 4.13. The monoisotopic (exact) mass is 348 g/mol. The fraction of sp³-hybridized carbons (Fsp3) is 0.278. The maximum absolute atomic E-state index is 4.74. The zero-order chi connectivity index (χ0) is 17.9. The first-order valence-corrected chi connectivity index (χ1v) is 8.59. The molecule has 26 heavy (non-hydrogen) atoms. The zero-order valence-corrected chi connectivity index (χ0v) is 14.7. The van der Waals surface area contributed by atoms with Crippen molar-refractivity contribution < 1.29 is 0 Å². The van der Waals surface area contributed by atoms with E-state index in [0.29, 0.717) is 12.4 Å². The van der Waals surface area contributed by atoms with Crippen molar-refractivity contribution in [3.63, 3.8) is 0 Å². The van der Waals surface area contributed by atoms with E-state index >= 15 is 0 Å². The van der Waals surface area contributed by atoms with Gasteiger partial charge in [-0.25, -0.2) is 19.9 Å². The molecule has 0 unspecified atom stereocenters. The molecular formula is C18H20N8. The van der Waals surface area contributed by atoms with Crippen molar-refractivity contribution in [1.29, 1.82) is 0 Å². The Hall–Kier alpha value is -3.29. The second-order valence-electron chi connectivity index (χ2n) is 6.29. The molecule has 0 aromatic carbocycles. The quantitative estimate of drug-likeness (QED) is 0.556. The van der Waals surface area contributed by atoms with Gasteiger partial charge in [-0.05, 0) is 26.0 Å². The molecule has 0 aliphatic carbocycles. The number of H-pyrrole nitrogens is 1. The smallest absolute Gasteiger partial charge is 0.166 e. The zero-order valence-electron chi connectivity index (χ0n) is 14.7. The lowest BCUT2D eigenvalue weighted by Gasteiger charge is -2.11. The molecule has 0 saturated carbocycles. The number of hydrogen-bond acceptors (Lipinski definition) is 6. The lowest BCUT2D eigenvalue weighted by Crippen LogP contribution is -2.09. The lowest BCUT2D eigenvalue weighted by atomic mass is 10.2. The Balaban J connectivity index is 1.72. The second kappa shape index (κ2) is 6.91. The van der Waals surface area contributed by atoms with Crippen LogP contribution >= 0.6 is 0 Å². The van der Waals surface area contributed by atoms with E-state index < -0.39 is 0 Å². The van der Waals surface area contributed by atoms with Crippen LogP contribution in [0.1, 0.15) is 25.6 Å². The molecule has 4 rings (SSSR count). The summed E-state index contributed by atoms with van der Waals surface area (Å²) in [4.78, 5) is 25.4. The average molecular weight is 348 g/mol. The van der Waals surface area contributed by atoms with E-state index in [4.69, 9.17) is 9.97 Å². The molecule has 8 heteroatoms. The summed E-state index contributed by atoms with van der Waals surface area (Å²) in [6.07, 6.45) is 9.70. The van der Waals surface area contributed by atoms with Crippen LogP contribution < -0.4 is 5.32 Å². The van der Waals surface area contributed by atoms with Gasteiger partial charge in [0.2, 0.25) is 0 Å². The number of anilines is 1. The Bertz CT molecular complexity index is 989. The van der Waals surface area contributed by atoms with Crippen LogP contribution in [-0.4, -0.2) is 41.0 Å². The molecule has 0 radical (unpaired) electrons. The molecule has 0 atom stereocenters. The van der Waals surface area contributed by atoms with Gasteiger partial charge in [0, 0.05) is 43.2 Å². The third kappa shape index (κ3) is 3.13. The van der Waals surface area contributed by atoms with Gasteiger partial charge in [0.25, 0.3) is 0 Å². The average Bonchev–Trinajstić information content (AvgIpc) is 3.31. The molecule has 0 fully saturated rings. The van der Waals surface area contributed by atoms with Crippen LogP contribution in [0.3, 0.4) is 0 Å². The summed E-state index contributed by atoms with van der Waals surface area (Å²) < 4.78 is 2.05. The number of aromatic nitrogens is 7. The molecule has 0 amide bonds. The normalized spacial score (nSPS) is 11.3. The number of fused-ring (bicyclic) bond motifs is 1. The summed E-state index contributed by atoms with van der Waals surface area (Å²) in [7, 11) is 0. The first kappa shape index (κ1) is 16.2. The van der Waals surface area contributed by atoms with E-state index in [1.54, 1.807) is 18.7 Å². The van der Waals surface area contributed by atoms with Crippen LogP contribution in [0.4, 0.5) is 5.82 Å². The number of imidazole rings is 2. The second-order valence-corrected chi connectivity index (χ2v) is 6.29. The van der Waals surface area contributed by atoms with E-state index in [2.05, 4.69) is 43.7 Å². The molecule has 0 saturated heterocycles. The minimum absolute atomic E-state index is 0.258. The molecule has 2 N–H and O–H groups in total. The number of nitrogens with one attached hydrogen (secondary N) is 2. The van der Waals surface area contributed by atoms with Gasteiger partial charge in [0.1, 0.15) is 5.52 Å². The molecule has 0 aliphatic rings. The van der Waals surface area contributed by atoms with Crippen LogP contribution in [-0.2, 0) is 6.42 Å². The summed E-state index contributed by atoms with van der Waals surface area (Å²) in [5.74, 6) is 1.36. The molecule has 4 aromatic heterocycles. The molecule has 8 nitrogen and oxygen atoms in total. The molecular weight excluding hydrogens is 328 g/mol. The number of pyridine rings is 1. The number of aromatic amines is 1. The number of hydrogen-bond donors (Lipinski definition) is 2. The standard InChI is InChI=1S/C18H20N8/c1-12(2)26-11-23-15-17(21-7-5-14-9-20-10-22-14)24-16(25-18(15)26)13-4-3-6-19-8-13/h3-4,6,8-12H,5,7H2,1-2H3,(H,20,22)(H,21,24,25). The van der Waals surface area contributed by atoms with Gasteiger partial charge < -0.3 is 14.9 Å². The van der Waals surface area contributed by atoms with Crippen molar-refractivity contribution in [3.05, 3.63) is 49.1 Å². The highest BCUT2D eigenvalue weighted by molar-refractivity contribution is 5.85. The summed E-state index contributed by atoms with van der Waals surface area (Å²) >= 11 is 0. The van der Waals surface area contributed by atoms with Gasteiger partial charge in [-0.3, -0.25) is 4.98 Å². The maximum Gasteiger partial charge on any atom is 0.166 e.